The number of nitrogens with zero attached hydrogens (tertiary/aromatic N) is 2. The lowest BCUT2D eigenvalue weighted by atomic mass is 10.1. The fraction of sp³-hybridized carbons (Fsp3) is 0.923. The van der Waals surface area contributed by atoms with Crippen molar-refractivity contribution >= 4 is 29.9 Å². The first kappa shape index (κ1) is 16.0. The fourth-order valence-corrected chi connectivity index (χ4v) is 2.58. The van der Waals surface area contributed by atoms with Gasteiger partial charge in [0.05, 0.1) is 0 Å². The minimum absolute atomic E-state index is 0. The van der Waals surface area contributed by atoms with Gasteiger partial charge in [-0.3, -0.25) is 9.89 Å². The van der Waals surface area contributed by atoms with Crippen molar-refractivity contribution in [3.63, 3.8) is 0 Å². The van der Waals surface area contributed by atoms with Gasteiger partial charge >= 0.3 is 0 Å². The zero-order valence-corrected chi connectivity index (χ0v) is 14.1. The van der Waals surface area contributed by atoms with Crippen LogP contribution in [-0.4, -0.2) is 49.1 Å². The summed E-state index contributed by atoms with van der Waals surface area (Å²) >= 11 is 0. The quantitative estimate of drug-likeness (QED) is 0.452. The zero-order valence-electron chi connectivity index (χ0n) is 11.8. The molecule has 2 atom stereocenters. The molecule has 2 aliphatic rings. The van der Waals surface area contributed by atoms with E-state index in [1.54, 1.807) is 0 Å². The Bertz CT molecular complexity index is 278. The Morgan fingerprint density at radius 1 is 1.28 bits per heavy atom. The third-order valence-electron chi connectivity index (χ3n) is 3.69. The highest BCUT2D eigenvalue weighted by Gasteiger charge is 2.38. The highest BCUT2D eigenvalue weighted by Crippen LogP contribution is 2.31. The van der Waals surface area contributed by atoms with Crippen molar-refractivity contribution in [3.8, 4) is 0 Å². The maximum absolute atomic E-state index is 4.47. The highest BCUT2D eigenvalue weighted by molar-refractivity contribution is 14.0. The van der Waals surface area contributed by atoms with Gasteiger partial charge in [-0.2, -0.15) is 0 Å². The molecule has 4 nitrogen and oxygen atoms in total. The molecule has 2 rings (SSSR count). The number of halogens is 1. The van der Waals surface area contributed by atoms with Crippen molar-refractivity contribution in [3.05, 3.63) is 0 Å². The number of guanidine groups is 1. The monoisotopic (exact) mass is 366 g/mol. The van der Waals surface area contributed by atoms with Crippen LogP contribution in [0.15, 0.2) is 4.99 Å². The SMILES string of the molecule is CCN=C(NCC)NC1CN(C2CC2)CC1C.I. The van der Waals surface area contributed by atoms with Gasteiger partial charge in [-0.25, -0.2) is 0 Å². The van der Waals surface area contributed by atoms with Crippen molar-refractivity contribution in [2.24, 2.45) is 10.9 Å². The lowest BCUT2D eigenvalue weighted by Gasteiger charge is -2.20. The summed E-state index contributed by atoms with van der Waals surface area (Å²) in [4.78, 5) is 7.11. The van der Waals surface area contributed by atoms with Gasteiger partial charge < -0.3 is 10.6 Å². The van der Waals surface area contributed by atoms with E-state index >= 15 is 0 Å². The summed E-state index contributed by atoms with van der Waals surface area (Å²) in [6, 6.07) is 1.44. The van der Waals surface area contributed by atoms with Crippen LogP contribution in [0.1, 0.15) is 33.6 Å². The molecule has 1 heterocycles. The van der Waals surface area contributed by atoms with Gasteiger partial charge in [0, 0.05) is 38.3 Å². The van der Waals surface area contributed by atoms with Gasteiger partial charge in [0.1, 0.15) is 0 Å². The van der Waals surface area contributed by atoms with Crippen LogP contribution >= 0.6 is 24.0 Å². The van der Waals surface area contributed by atoms with E-state index in [1.807, 2.05) is 0 Å². The van der Waals surface area contributed by atoms with Crippen molar-refractivity contribution < 1.29 is 0 Å². The van der Waals surface area contributed by atoms with Gasteiger partial charge in [-0.1, -0.05) is 6.92 Å². The standard InChI is InChI=1S/C13H26N4.HI/c1-4-14-13(15-5-2)16-12-9-17(8-10(12)3)11-6-7-11;/h10-12H,4-9H2,1-3H3,(H2,14,15,16);1H. The molecule has 2 fully saturated rings. The van der Waals surface area contributed by atoms with Gasteiger partial charge in [-0.15, -0.1) is 24.0 Å². The number of nitrogens with one attached hydrogen (secondary N) is 2. The molecule has 5 heteroatoms. The number of rotatable bonds is 4. The van der Waals surface area contributed by atoms with E-state index in [2.05, 4.69) is 41.3 Å². The molecule has 1 aliphatic heterocycles. The van der Waals surface area contributed by atoms with Gasteiger partial charge in [0.15, 0.2) is 5.96 Å². The number of hydrogen-bond donors (Lipinski definition) is 2. The van der Waals surface area contributed by atoms with Crippen molar-refractivity contribution in [2.45, 2.75) is 45.7 Å². The summed E-state index contributed by atoms with van der Waals surface area (Å²) in [5, 5.41) is 6.89. The Hall–Kier alpha value is -0.0400. The van der Waals surface area contributed by atoms with Crippen LogP contribution in [0.4, 0.5) is 0 Å². The van der Waals surface area contributed by atoms with E-state index in [1.165, 1.54) is 25.9 Å². The zero-order chi connectivity index (χ0) is 12.3. The molecule has 0 radical (unpaired) electrons. The topological polar surface area (TPSA) is 39.7 Å². The highest BCUT2D eigenvalue weighted by atomic mass is 127. The van der Waals surface area contributed by atoms with Crippen molar-refractivity contribution in [2.75, 3.05) is 26.2 Å². The first-order valence-corrected chi connectivity index (χ1v) is 7.03. The number of likely N-dealkylation sites (tertiary alicyclic amines) is 1. The molecule has 0 bridgehead atoms. The summed E-state index contributed by atoms with van der Waals surface area (Å²) in [5.74, 6) is 1.70. The van der Waals surface area contributed by atoms with Gasteiger partial charge in [-0.05, 0) is 32.6 Å². The second kappa shape index (κ2) is 7.53. The Morgan fingerprint density at radius 2 is 2.00 bits per heavy atom. The molecule has 1 aliphatic carbocycles. The predicted octanol–water partition coefficient (Wildman–Crippen LogP) is 1.66. The molecule has 106 valence electrons. The molecule has 1 saturated heterocycles. The normalized spacial score (nSPS) is 28.9. The minimum atomic E-state index is 0. The second-order valence-corrected chi connectivity index (χ2v) is 5.27. The van der Waals surface area contributed by atoms with Gasteiger partial charge in [0.2, 0.25) is 0 Å². The molecule has 0 aromatic heterocycles. The summed E-state index contributed by atoms with van der Waals surface area (Å²) in [6.45, 7) is 10.7. The van der Waals surface area contributed by atoms with Crippen molar-refractivity contribution in [1.29, 1.82) is 0 Å². The van der Waals surface area contributed by atoms with Crippen LogP contribution in [0, 0.1) is 5.92 Å². The lowest BCUT2D eigenvalue weighted by molar-refractivity contribution is 0.315. The fourth-order valence-electron chi connectivity index (χ4n) is 2.58. The summed E-state index contributed by atoms with van der Waals surface area (Å²) in [5.41, 5.74) is 0. The predicted molar refractivity (Wildman–Crippen MR) is 87.8 cm³/mol. The summed E-state index contributed by atoms with van der Waals surface area (Å²) in [6.07, 6.45) is 2.81. The molecule has 0 aromatic rings. The minimum Gasteiger partial charge on any atom is -0.357 e. The molecule has 2 unspecified atom stereocenters. The van der Waals surface area contributed by atoms with E-state index in [9.17, 15) is 0 Å². The molecular formula is C13H27IN4. The molecular weight excluding hydrogens is 339 g/mol. The average Bonchev–Trinajstić information content (AvgIpc) is 3.06. The maximum atomic E-state index is 4.47. The third-order valence-corrected chi connectivity index (χ3v) is 3.69. The van der Waals surface area contributed by atoms with Crippen molar-refractivity contribution in [1.82, 2.24) is 15.5 Å². The van der Waals surface area contributed by atoms with Crippen LogP contribution in [0.5, 0.6) is 0 Å². The lowest BCUT2D eigenvalue weighted by Crippen LogP contribution is -2.46. The van der Waals surface area contributed by atoms with E-state index in [-0.39, 0.29) is 24.0 Å². The first-order valence-electron chi connectivity index (χ1n) is 7.03. The van der Waals surface area contributed by atoms with Crippen LogP contribution in [0.25, 0.3) is 0 Å². The molecule has 0 amide bonds. The summed E-state index contributed by atoms with van der Waals surface area (Å²) < 4.78 is 0. The Balaban J connectivity index is 0.00000162. The Labute approximate surface area is 128 Å². The average molecular weight is 366 g/mol. The van der Waals surface area contributed by atoms with Crippen LogP contribution in [0.3, 0.4) is 0 Å². The largest absolute Gasteiger partial charge is 0.357 e. The van der Waals surface area contributed by atoms with E-state index in [0.29, 0.717) is 6.04 Å². The molecule has 0 spiro atoms. The van der Waals surface area contributed by atoms with E-state index in [0.717, 1.165) is 31.0 Å². The van der Waals surface area contributed by atoms with Crippen LogP contribution in [0.2, 0.25) is 0 Å². The third kappa shape index (κ3) is 4.26. The number of aliphatic imine (C=N–C) groups is 1. The van der Waals surface area contributed by atoms with Crippen LogP contribution < -0.4 is 10.6 Å². The van der Waals surface area contributed by atoms with E-state index in [4.69, 9.17) is 0 Å². The Kier molecular flexibility index (Phi) is 6.70. The summed E-state index contributed by atoms with van der Waals surface area (Å²) in [7, 11) is 0. The molecule has 0 aromatic carbocycles. The Morgan fingerprint density at radius 3 is 2.56 bits per heavy atom. The molecule has 1 saturated carbocycles. The van der Waals surface area contributed by atoms with E-state index < -0.39 is 0 Å². The van der Waals surface area contributed by atoms with Gasteiger partial charge in [0.25, 0.3) is 0 Å². The maximum Gasteiger partial charge on any atom is 0.191 e. The molecule has 2 N–H and O–H groups in total. The van der Waals surface area contributed by atoms with Crippen LogP contribution in [-0.2, 0) is 0 Å². The number of hydrogen-bond acceptors (Lipinski definition) is 2. The molecule has 18 heavy (non-hydrogen) atoms. The second-order valence-electron chi connectivity index (χ2n) is 5.27. The first-order chi connectivity index (χ1) is 8.24. The smallest absolute Gasteiger partial charge is 0.191 e.